The van der Waals surface area contributed by atoms with Crippen molar-refractivity contribution in [3.63, 3.8) is 0 Å². The van der Waals surface area contributed by atoms with Crippen molar-refractivity contribution in [3.8, 4) is 0 Å². The highest BCUT2D eigenvalue weighted by Gasteiger charge is 2.40. The highest BCUT2D eigenvalue weighted by molar-refractivity contribution is 5.59. The van der Waals surface area contributed by atoms with Crippen LogP contribution in [0.4, 0.5) is 11.4 Å². The summed E-state index contributed by atoms with van der Waals surface area (Å²) < 4.78 is 11.4. The van der Waals surface area contributed by atoms with Crippen LogP contribution >= 0.6 is 0 Å². The molecule has 1 aromatic rings. The predicted octanol–water partition coefficient (Wildman–Crippen LogP) is 2.25. The number of piperidine rings is 1. The largest absolute Gasteiger partial charge is 0.371 e. The number of nitrogens with zero attached hydrogens (tertiary/aromatic N) is 2. The summed E-state index contributed by atoms with van der Waals surface area (Å²) in [4.78, 5) is 12.7. The first kappa shape index (κ1) is 13.3. The molecule has 6 heteroatoms. The standard InChI is InChI=1S/C14H18N2O4/c1-11-2-3-12(16(17)18)10-13(11)15-6-4-14(5-7-15)19-8-9-20-14/h2-3,10H,4-9H2,1H3. The molecule has 0 unspecified atom stereocenters. The van der Waals surface area contributed by atoms with Crippen LogP contribution in [-0.4, -0.2) is 37.0 Å². The second-order valence-corrected chi connectivity index (χ2v) is 5.32. The smallest absolute Gasteiger partial charge is 0.271 e. The SMILES string of the molecule is Cc1ccc([N+](=O)[O-])cc1N1CCC2(CC1)OCCO2. The Labute approximate surface area is 117 Å². The number of aryl methyl sites for hydroxylation is 1. The fourth-order valence-electron chi connectivity index (χ4n) is 2.93. The number of hydrogen-bond acceptors (Lipinski definition) is 5. The Morgan fingerprint density at radius 3 is 2.50 bits per heavy atom. The quantitative estimate of drug-likeness (QED) is 0.613. The van der Waals surface area contributed by atoms with Crippen LogP contribution in [0.1, 0.15) is 18.4 Å². The molecule has 2 saturated heterocycles. The maximum absolute atomic E-state index is 10.9. The van der Waals surface area contributed by atoms with Gasteiger partial charge in [-0.25, -0.2) is 0 Å². The van der Waals surface area contributed by atoms with E-state index in [1.54, 1.807) is 18.2 Å². The fourth-order valence-corrected chi connectivity index (χ4v) is 2.93. The Kier molecular flexibility index (Phi) is 3.35. The Hall–Kier alpha value is -1.66. The molecule has 2 aliphatic rings. The molecular formula is C14H18N2O4. The second kappa shape index (κ2) is 5.03. The lowest BCUT2D eigenvalue weighted by Crippen LogP contribution is -2.45. The number of rotatable bonds is 2. The van der Waals surface area contributed by atoms with Crippen molar-refractivity contribution in [2.45, 2.75) is 25.6 Å². The van der Waals surface area contributed by atoms with Gasteiger partial charge in [-0.15, -0.1) is 0 Å². The average Bonchev–Trinajstić information content (AvgIpc) is 2.89. The van der Waals surface area contributed by atoms with Gasteiger partial charge in [0.2, 0.25) is 0 Å². The summed E-state index contributed by atoms with van der Waals surface area (Å²) in [6, 6.07) is 5.01. The molecule has 108 valence electrons. The van der Waals surface area contributed by atoms with Crippen LogP contribution in [0.25, 0.3) is 0 Å². The van der Waals surface area contributed by atoms with Gasteiger partial charge in [0.25, 0.3) is 5.69 Å². The molecule has 6 nitrogen and oxygen atoms in total. The molecule has 0 aliphatic carbocycles. The van der Waals surface area contributed by atoms with Gasteiger partial charge in [-0.2, -0.15) is 0 Å². The molecule has 20 heavy (non-hydrogen) atoms. The van der Waals surface area contributed by atoms with Crippen LogP contribution in [0.5, 0.6) is 0 Å². The number of benzene rings is 1. The molecular weight excluding hydrogens is 260 g/mol. The Morgan fingerprint density at radius 2 is 1.90 bits per heavy atom. The molecule has 0 amide bonds. The van der Waals surface area contributed by atoms with Crippen molar-refractivity contribution < 1.29 is 14.4 Å². The zero-order valence-corrected chi connectivity index (χ0v) is 11.5. The van der Waals surface area contributed by atoms with Gasteiger partial charge in [-0.1, -0.05) is 6.07 Å². The van der Waals surface area contributed by atoms with Crippen molar-refractivity contribution >= 4 is 11.4 Å². The Morgan fingerprint density at radius 1 is 1.25 bits per heavy atom. The monoisotopic (exact) mass is 278 g/mol. The van der Waals surface area contributed by atoms with Crippen molar-refractivity contribution in [3.05, 3.63) is 33.9 Å². The highest BCUT2D eigenvalue weighted by atomic mass is 16.7. The van der Waals surface area contributed by atoms with E-state index < -0.39 is 5.79 Å². The molecule has 0 bridgehead atoms. The van der Waals surface area contributed by atoms with Gasteiger partial charge >= 0.3 is 0 Å². The molecule has 0 radical (unpaired) electrons. The summed E-state index contributed by atoms with van der Waals surface area (Å²) in [6.07, 6.45) is 1.60. The molecule has 3 rings (SSSR count). The molecule has 1 spiro atoms. The normalized spacial score (nSPS) is 21.4. The third-order valence-electron chi connectivity index (χ3n) is 4.08. The summed E-state index contributed by atoms with van der Waals surface area (Å²) in [5, 5.41) is 10.9. The number of non-ortho nitro benzene ring substituents is 1. The van der Waals surface area contributed by atoms with E-state index in [-0.39, 0.29) is 10.6 Å². The van der Waals surface area contributed by atoms with Crippen molar-refractivity contribution in [2.24, 2.45) is 0 Å². The van der Waals surface area contributed by atoms with E-state index in [4.69, 9.17) is 9.47 Å². The van der Waals surface area contributed by atoms with Crippen molar-refractivity contribution in [1.82, 2.24) is 0 Å². The number of ether oxygens (including phenoxy) is 2. The maximum Gasteiger partial charge on any atom is 0.271 e. The van der Waals surface area contributed by atoms with Crippen molar-refractivity contribution in [2.75, 3.05) is 31.2 Å². The van der Waals surface area contributed by atoms with Gasteiger partial charge in [0.05, 0.1) is 18.1 Å². The summed E-state index contributed by atoms with van der Waals surface area (Å²) >= 11 is 0. The lowest BCUT2D eigenvalue weighted by Gasteiger charge is -2.39. The molecule has 2 fully saturated rings. The summed E-state index contributed by atoms with van der Waals surface area (Å²) in [7, 11) is 0. The van der Waals surface area contributed by atoms with Crippen LogP contribution in [0.2, 0.25) is 0 Å². The lowest BCUT2D eigenvalue weighted by atomic mass is 10.0. The molecule has 0 N–H and O–H groups in total. The predicted molar refractivity (Wildman–Crippen MR) is 73.9 cm³/mol. The molecule has 0 atom stereocenters. The molecule has 1 aromatic carbocycles. The minimum Gasteiger partial charge on any atom is -0.371 e. The van der Waals surface area contributed by atoms with Gasteiger partial charge < -0.3 is 14.4 Å². The Bertz CT molecular complexity index is 516. The third-order valence-corrected chi connectivity index (χ3v) is 4.08. The van der Waals surface area contributed by atoms with E-state index in [0.717, 1.165) is 37.2 Å². The number of hydrogen-bond donors (Lipinski definition) is 0. The van der Waals surface area contributed by atoms with Crippen LogP contribution in [0.15, 0.2) is 18.2 Å². The summed E-state index contributed by atoms with van der Waals surface area (Å²) in [5.74, 6) is -0.412. The Balaban J connectivity index is 1.77. The first-order valence-electron chi connectivity index (χ1n) is 6.88. The van der Waals surface area contributed by atoms with E-state index in [2.05, 4.69) is 4.90 Å². The van der Waals surface area contributed by atoms with Gasteiger partial charge in [0.15, 0.2) is 5.79 Å². The molecule has 0 aromatic heterocycles. The lowest BCUT2D eigenvalue weighted by molar-refractivity contribution is -0.384. The van der Waals surface area contributed by atoms with Crippen LogP contribution in [0.3, 0.4) is 0 Å². The zero-order chi connectivity index (χ0) is 14.2. The van der Waals surface area contributed by atoms with Gasteiger partial charge in [0, 0.05) is 43.8 Å². The van der Waals surface area contributed by atoms with Gasteiger partial charge in [0.1, 0.15) is 0 Å². The first-order chi connectivity index (χ1) is 9.60. The number of nitro benzene ring substituents is 1. The van der Waals surface area contributed by atoms with E-state index in [0.29, 0.717) is 13.2 Å². The third kappa shape index (κ3) is 2.36. The maximum atomic E-state index is 10.9. The van der Waals surface area contributed by atoms with Crippen LogP contribution < -0.4 is 4.90 Å². The minimum absolute atomic E-state index is 0.138. The van der Waals surface area contributed by atoms with E-state index in [9.17, 15) is 10.1 Å². The van der Waals surface area contributed by atoms with Crippen molar-refractivity contribution in [1.29, 1.82) is 0 Å². The fraction of sp³-hybridized carbons (Fsp3) is 0.571. The number of anilines is 1. The van der Waals surface area contributed by atoms with E-state index >= 15 is 0 Å². The van der Waals surface area contributed by atoms with Gasteiger partial charge in [-0.05, 0) is 12.5 Å². The van der Waals surface area contributed by atoms with Crippen LogP contribution in [-0.2, 0) is 9.47 Å². The topological polar surface area (TPSA) is 64.8 Å². The van der Waals surface area contributed by atoms with Gasteiger partial charge in [-0.3, -0.25) is 10.1 Å². The molecule has 0 saturated carbocycles. The van der Waals surface area contributed by atoms with Crippen LogP contribution in [0, 0.1) is 17.0 Å². The second-order valence-electron chi connectivity index (χ2n) is 5.32. The average molecular weight is 278 g/mol. The first-order valence-corrected chi connectivity index (χ1v) is 6.88. The van der Waals surface area contributed by atoms with E-state index in [1.165, 1.54) is 0 Å². The molecule has 2 heterocycles. The minimum atomic E-state index is -0.412. The molecule has 2 aliphatic heterocycles. The summed E-state index contributed by atoms with van der Waals surface area (Å²) in [6.45, 7) is 4.89. The van der Waals surface area contributed by atoms with E-state index in [1.807, 2.05) is 6.92 Å². The summed E-state index contributed by atoms with van der Waals surface area (Å²) in [5.41, 5.74) is 2.13. The number of nitro groups is 1. The highest BCUT2D eigenvalue weighted by Crippen LogP contribution is 2.35. The zero-order valence-electron chi connectivity index (χ0n) is 11.5.